The van der Waals surface area contributed by atoms with Gasteiger partial charge in [0.1, 0.15) is 0 Å². The molecular weight excluding hydrogens is 208 g/mol. The zero-order valence-corrected chi connectivity index (χ0v) is 11.3. The molecule has 1 fully saturated rings. The highest BCUT2D eigenvalue weighted by Gasteiger charge is 2.22. The van der Waals surface area contributed by atoms with Gasteiger partial charge in [0, 0.05) is 24.8 Å². The van der Waals surface area contributed by atoms with Crippen LogP contribution in [0, 0.1) is 13.8 Å². The summed E-state index contributed by atoms with van der Waals surface area (Å²) in [5.74, 6) is 0. The molecule has 1 aliphatic heterocycles. The highest BCUT2D eigenvalue weighted by molar-refractivity contribution is 5.55. The third-order valence-electron chi connectivity index (χ3n) is 3.56. The molecule has 1 unspecified atom stereocenters. The Kier molecular flexibility index (Phi) is 4.06. The first-order valence-corrected chi connectivity index (χ1v) is 6.76. The van der Waals surface area contributed by atoms with Gasteiger partial charge in [0.05, 0.1) is 0 Å². The van der Waals surface area contributed by atoms with Gasteiger partial charge in [-0.05, 0) is 44.9 Å². The van der Waals surface area contributed by atoms with Crippen molar-refractivity contribution in [2.75, 3.05) is 24.5 Å². The van der Waals surface area contributed by atoms with Crippen LogP contribution in [0.4, 0.5) is 5.69 Å². The van der Waals surface area contributed by atoms with Crippen molar-refractivity contribution >= 4 is 5.69 Å². The summed E-state index contributed by atoms with van der Waals surface area (Å²) in [5, 5.41) is 3.62. The molecule has 0 aromatic heterocycles. The van der Waals surface area contributed by atoms with E-state index in [9.17, 15) is 0 Å². The number of hydrogen-bond acceptors (Lipinski definition) is 2. The van der Waals surface area contributed by atoms with Crippen LogP contribution in [0.5, 0.6) is 0 Å². The number of anilines is 1. The van der Waals surface area contributed by atoms with E-state index in [-0.39, 0.29) is 0 Å². The average Bonchev–Trinajstić information content (AvgIpc) is 2.75. The van der Waals surface area contributed by atoms with E-state index >= 15 is 0 Å². The Bertz CT molecular complexity index is 373. The monoisotopic (exact) mass is 232 g/mol. The van der Waals surface area contributed by atoms with Gasteiger partial charge in [-0.3, -0.25) is 0 Å². The SMILES string of the molecule is CCCNC1CCN(c2ccc(C)cc2C)C1. The van der Waals surface area contributed by atoms with Crippen molar-refractivity contribution in [3.05, 3.63) is 29.3 Å². The van der Waals surface area contributed by atoms with Gasteiger partial charge < -0.3 is 10.2 Å². The molecule has 2 heteroatoms. The lowest BCUT2D eigenvalue weighted by atomic mass is 10.1. The number of aryl methyl sites for hydroxylation is 2. The highest BCUT2D eigenvalue weighted by atomic mass is 15.2. The first-order chi connectivity index (χ1) is 8.20. The van der Waals surface area contributed by atoms with Crippen molar-refractivity contribution in [3.8, 4) is 0 Å². The van der Waals surface area contributed by atoms with Crippen LogP contribution in [0.15, 0.2) is 18.2 Å². The van der Waals surface area contributed by atoms with Crippen LogP contribution >= 0.6 is 0 Å². The minimum Gasteiger partial charge on any atom is -0.370 e. The molecule has 1 saturated heterocycles. The van der Waals surface area contributed by atoms with Crippen molar-refractivity contribution in [1.82, 2.24) is 5.32 Å². The van der Waals surface area contributed by atoms with Crippen molar-refractivity contribution in [2.24, 2.45) is 0 Å². The van der Waals surface area contributed by atoms with Crippen molar-refractivity contribution in [2.45, 2.75) is 39.7 Å². The van der Waals surface area contributed by atoms with Gasteiger partial charge in [-0.25, -0.2) is 0 Å². The van der Waals surface area contributed by atoms with Crippen LogP contribution < -0.4 is 10.2 Å². The Morgan fingerprint density at radius 2 is 2.18 bits per heavy atom. The molecule has 1 N–H and O–H groups in total. The Balaban J connectivity index is 2.00. The molecule has 1 aliphatic rings. The molecule has 0 radical (unpaired) electrons. The van der Waals surface area contributed by atoms with Crippen LogP contribution in [-0.4, -0.2) is 25.7 Å². The maximum atomic E-state index is 3.62. The smallest absolute Gasteiger partial charge is 0.0396 e. The molecule has 2 rings (SSSR count). The summed E-state index contributed by atoms with van der Waals surface area (Å²) in [7, 11) is 0. The molecule has 0 aliphatic carbocycles. The number of nitrogens with one attached hydrogen (secondary N) is 1. The van der Waals surface area contributed by atoms with Gasteiger partial charge in [0.15, 0.2) is 0 Å². The van der Waals surface area contributed by atoms with Crippen LogP contribution in [-0.2, 0) is 0 Å². The number of benzene rings is 1. The van der Waals surface area contributed by atoms with Crippen LogP contribution in [0.3, 0.4) is 0 Å². The Labute approximate surface area is 105 Å². The van der Waals surface area contributed by atoms with E-state index in [1.165, 1.54) is 36.2 Å². The standard InChI is InChI=1S/C15H24N2/c1-4-8-16-14-7-9-17(11-14)15-6-5-12(2)10-13(15)3/h5-6,10,14,16H,4,7-9,11H2,1-3H3. The quantitative estimate of drug-likeness (QED) is 0.858. The first-order valence-electron chi connectivity index (χ1n) is 6.76. The van der Waals surface area contributed by atoms with Crippen molar-refractivity contribution in [1.29, 1.82) is 0 Å². The van der Waals surface area contributed by atoms with Crippen molar-refractivity contribution in [3.63, 3.8) is 0 Å². The van der Waals surface area contributed by atoms with Gasteiger partial charge in [-0.1, -0.05) is 24.6 Å². The van der Waals surface area contributed by atoms with E-state index in [0.717, 1.165) is 13.1 Å². The summed E-state index contributed by atoms with van der Waals surface area (Å²) in [5.41, 5.74) is 4.17. The van der Waals surface area contributed by atoms with E-state index in [0.29, 0.717) is 6.04 Å². The fraction of sp³-hybridized carbons (Fsp3) is 0.600. The second kappa shape index (κ2) is 5.54. The summed E-state index contributed by atoms with van der Waals surface area (Å²) >= 11 is 0. The molecule has 2 nitrogen and oxygen atoms in total. The summed E-state index contributed by atoms with van der Waals surface area (Å²) < 4.78 is 0. The molecule has 0 bridgehead atoms. The van der Waals surface area contributed by atoms with Gasteiger partial charge in [-0.15, -0.1) is 0 Å². The molecule has 1 heterocycles. The molecular formula is C15H24N2. The van der Waals surface area contributed by atoms with Crippen LogP contribution in [0.1, 0.15) is 30.9 Å². The third-order valence-corrected chi connectivity index (χ3v) is 3.56. The molecule has 1 aromatic carbocycles. The average molecular weight is 232 g/mol. The third kappa shape index (κ3) is 3.01. The fourth-order valence-electron chi connectivity index (χ4n) is 2.65. The molecule has 0 saturated carbocycles. The minimum absolute atomic E-state index is 0.677. The highest BCUT2D eigenvalue weighted by Crippen LogP contribution is 2.25. The van der Waals surface area contributed by atoms with Gasteiger partial charge in [-0.2, -0.15) is 0 Å². The molecule has 1 atom stereocenters. The molecule has 1 aromatic rings. The lowest BCUT2D eigenvalue weighted by Gasteiger charge is -2.21. The predicted molar refractivity (Wildman–Crippen MR) is 74.8 cm³/mol. The second-order valence-electron chi connectivity index (χ2n) is 5.18. The number of nitrogens with zero attached hydrogens (tertiary/aromatic N) is 1. The van der Waals surface area contributed by atoms with E-state index in [4.69, 9.17) is 0 Å². The minimum atomic E-state index is 0.677. The predicted octanol–water partition coefficient (Wildman–Crippen LogP) is 2.88. The number of rotatable bonds is 4. The maximum Gasteiger partial charge on any atom is 0.0396 e. The zero-order chi connectivity index (χ0) is 12.3. The molecule has 0 spiro atoms. The maximum absolute atomic E-state index is 3.62. The van der Waals surface area contributed by atoms with Crippen LogP contribution in [0.25, 0.3) is 0 Å². The lowest BCUT2D eigenvalue weighted by Crippen LogP contribution is -2.33. The van der Waals surface area contributed by atoms with Gasteiger partial charge in [0.25, 0.3) is 0 Å². The van der Waals surface area contributed by atoms with E-state index in [2.05, 4.69) is 49.2 Å². The summed E-state index contributed by atoms with van der Waals surface area (Å²) in [6.07, 6.45) is 2.49. The Morgan fingerprint density at radius 1 is 1.35 bits per heavy atom. The molecule has 17 heavy (non-hydrogen) atoms. The lowest BCUT2D eigenvalue weighted by molar-refractivity contribution is 0.549. The van der Waals surface area contributed by atoms with E-state index < -0.39 is 0 Å². The van der Waals surface area contributed by atoms with E-state index in [1.54, 1.807) is 0 Å². The summed E-state index contributed by atoms with van der Waals surface area (Å²) in [6, 6.07) is 7.44. The molecule has 0 amide bonds. The topological polar surface area (TPSA) is 15.3 Å². The summed E-state index contributed by atoms with van der Waals surface area (Å²) in [4.78, 5) is 2.52. The number of hydrogen-bond donors (Lipinski definition) is 1. The normalized spacial score (nSPS) is 19.9. The van der Waals surface area contributed by atoms with Gasteiger partial charge >= 0.3 is 0 Å². The van der Waals surface area contributed by atoms with E-state index in [1.807, 2.05) is 0 Å². The largest absolute Gasteiger partial charge is 0.370 e. The first kappa shape index (κ1) is 12.4. The van der Waals surface area contributed by atoms with Crippen LogP contribution in [0.2, 0.25) is 0 Å². The summed E-state index contributed by atoms with van der Waals surface area (Å²) in [6.45, 7) is 10.1. The van der Waals surface area contributed by atoms with Gasteiger partial charge in [0.2, 0.25) is 0 Å². The fourth-order valence-corrected chi connectivity index (χ4v) is 2.65. The Hall–Kier alpha value is -1.02. The van der Waals surface area contributed by atoms with Crippen molar-refractivity contribution < 1.29 is 0 Å². The molecule has 94 valence electrons. The second-order valence-corrected chi connectivity index (χ2v) is 5.18. The Morgan fingerprint density at radius 3 is 2.88 bits per heavy atom. The zero-order valence-electron chi connectivity index (χ0n) is 11.3.